The largest absolute Gasteiger partial charge is 0.322 e. The number of benzene rings is 2. The Morgan fingerprint density at radius 2 is 2.10 bits per heavy atom. The highest BCUT2D eigenvalue weighted by Gasteiger charge is 2.10. The van der Waals surface area contributed by atoms with Crippen molar-refractivity contribution in [2.45, 2.75) is 6.92 Å². The monoisotopic (exact) mass is 364 g/mol. The standard InChI is InChI=1S/C15H10BrFN2OS/c1-8-18-13-5-3-10(7-14(13)21-8)19-15(20)9-2-4-11(16)12(17)6-9/h2-7H,1H3,(H,19,20). The van der Waals surface area contributed by atoms with Crippen LogP contribution in [-0.4, -0.2) is 10.9 Å². The van der Waals surface area contributed by atoms with Crippen molar-refractivity contribution in [2.24, 2.45) is 0 Å². The van der Waals surface area contributed by atoms with Gasteiger partial charge in [0.1, 0.15) is 5.82 Å². The lowest BCUT2D eigenvalue weighted by atomic mass is 10.2. The van der Waals surface area contributed by atoms with Crippen molar-refractivity contribution in [2.75, 3.05) is 5.32 Å². The maximum absolute atomic E-state index is 13.5. The number of rotatable bonds is 2. The Balaban J connectivity index is 1.86. The van der Waals surface area contributed by atoms with Crippen LogP contribution in [0.2, 0.25) is 0 Å². The van der Waals surface area contributed by atoms with Crippen molar-refractivity contribution in [3.8, 4) is 0 Å². The molecule has 1 N–H and O–H groups in total. The summed E-state index contributed by atoms with van der Waals surface area (Å²) in [5.74, 6) is -0.807. The van der Waals surface area contributed by atoms with E-state index < -0.39 is 5.82 Å². The highest BCUT2D eigenvalue weighted by Crippen LogP contribution is 2.25. The Morgan fingerprint density at radius 3 is 2.86 bits per heavy atom. The predicted octanol–water partition coefficient (Wildman–Crippen LogP) is 4.76. The quantitative estimate of drug-likeness (QED) is 0.712. The normalized spacial score (nSPS) is 10.8. The van der Waals surface area contributed by atoms with E-state index in [0.29, 0.717) is 10.2 Å². The molecular weight excluding hydrogens is 355 g/mol. The summed E-state index contributed by atoms with van der Waals surface area (Å²) in [6, 6.07) is 9.80. The fourth-order valence-electron chi connectivity index (χ4n) is 1.96. The average Bonchev–Trinajstić information content (AvgIpc) is 2.81. The lowest BCUT2D eigenvalue weighted by Gasteiger charge is -2.06. The average molecular weight is 365 g/mol. The second-order valence-electron chi connectivity index (χ2n) is 4.50. The van der Waals surface area contributed by atoms with Gasteiger partial charge in [0.05, 0.1) is 19.7 Å². The van der Waals surface area contributed by atoms with Gasteiger partial charge in [0.25, 0.3) is 5.91 Å². The third kappa shape index (κ3) is 2.96. The van der Waals surface area contributed by atoms with E-state index in [1.807, 2.05) is 19.1 Å². The molecule has 0 aliphatic heterocycles. The van der Waals surface area contributed by atoms with E-state index in [0.717, 1.165) is 15.2 Å². The molecule has 6 heteroatoms. The van der Waals surface area contributed by atoms with Gasteiger partial charge in [-0.15, -0.1) is 11.3 Å². The van der Waals surface area contributed by atoms with Crippen molar-refractivity contribution in [1.82, 2.24) is 4.98 Å². The molecule has 0 atom stereocenters. The van der Waals surface area contributed by atoms with Gasteiger partial charge in [0.2, 0.25) is 0 Å². The molecule has 0 aliphatic rings. The zero-order valence-electron chi connectivity index (χ0n) is 11.0. The molecule has 0 radical (unpaired) electrons. The fraction of sp³-hybridized carbons (Fsp3) is 0.0667. The molecule has 0 fully saturated rings. The van der Waals surface area contributed by atoms with Crippen LogP contribution in [0, 0.1) is 12.7 Å². The summed E-state index contributed by atoms with van der Waals surface area (Å²) in [4.78, 5) is 16.5. The van der Waals surface area contributed by atoms with Gasteiger partial charge in [0, 0.05) is 11.3 Å². The third-order valence-electron chi connectivity index (χ3n) is 2.94. The topological polar surface area (TPSA) is 42.0 Å². The number of fused-ring (bicyclic) bond motifs is 1. The minimum atomic E-state index is -0.462. The second kappa shape index (κ2) is 5.54. The summed E-state index contributed by atoms with van der Waals surface area (Å²) in [6.07, 6.45) is 0. The van der Waals surface area contributed by atoms with Crippen LogP contribution < -0.4 is 5.32 Å². The minimum Gasteiger partial charge on any atom is -0.322 e. The van der Waals surface area contributed by atoms with Gasteiger partial charge < -0.3 is 5.32 Å². The van der Waals surface area contributed by atoms with Crippen molar-refractivity contribution in [1.29, 1.82) is 0 Å². The number of nitrogens with one attached hydrogen (secondary N) is 1. The smallest absolute Gasteiger partial charge is 0.255 e. The Hall–Kier alpha value is -1.79. The Kier molecular flexibility index (Phi) is 3.73. The lowest BCUT2D eigenvalue weighted by Crippen LogP contribution is -2.12. The molecule has 0 unspecified atom stereocenters. The Morgan fingerprint density at radius 1 is 1.29 bits per heavy atom. The number of hydrogen-bond donors (Lipinski definition) is 1. The first-order valence-electron chi connectivity index (χ1n) is 6.16. The minimum absolute atomic E-state index is 0.274. The first-order chi connectivity index (χ1) is 10.0. The molecule has 0 spiro atoms. The van der Waals surface area contributed by atoms with E-state index in [9.17, 15) is 9.18 Å². The van der Waals surface area contributed by atoms with E-state index in [1.54, 1.807) is 23.5 Å². The molecule has 0 saturated carbocycles. The number of aromatic nitrogens is 1. The van der Waals surface area contributed by atoms with Crippen LogP contribution >= 0.6 is 27.3 Å². The van der Waals surface area contributed by atoms with Crippen LogP contribution in [0.25, 0.3) is 10.2 Å². The summed E-state index contributed by atoms with van der Waals surface area (Å²) >= 11 is 4.63. The molecule has 21 heavy (non-hydrogen) atoms. The van der Waals surface area contributed by atoms with E-state index in [2.05, 4.69) is 26.2 Å². The number of anilines is 1. The molecule has 3 nitrogen and oxygen atoms in total. The molecule has 0 saturated heterocycles. The van der Waals surface area contributed by atoms with Crippen LogP contribution in [0.4, 0.5) is 10.1 Å². The summed E-state index contributed by atoms with van der Waals surface area (Å²) in [5, 5.41) is 3.74. The third-order valence-corrected chi connectivity index (χ3v) is 4.51. The molecule has 1 amide bonds. The SMILES string of the molecule is Cc1nc2ccc(NC(=O)c3ccc(Br)c(F)c3)cc2s1. The molecular formula is C15H10BrFN2OS. The molecule has 3 aromatic rings. The summed E-state index contributed by atoms with van der Waals surface area (Å²) < 4.78 is 14.8. The molecule has 106 valence electrons. The van der Waals surface area contributed by atoms with Crippen LogP contribution in [0.1, 0.15) is 15.4 Å². The number of thiazole rings is 1. The first-order valence-corrected chi connectivity index (χ1v) is 7.77. The number of carbonyl (C=O) groups excluding carboxylic acids is 1. The zero-order chi connectivity index (χ0) is 15.0. The number of hydrogen-bond acceptors (Lipinski definition) is 3. The summed E-state index contributed by atoms with van der Waals surface area (Å²) in [5.41, 5.74) is 1.85. The van der Waals surface area contributed by atoms with Gasteiger partial charge in [-0.25, -0.2) is 9.37 Å². The first kappa shape index (κ1) is 14.2. The van der Waals surface area contributed by atoms with E-state index in [-0.39, 0.29) is 11.5 Å². The van der Waals surface area contributed by atoms with Gasteiger partial charge in [-0.05, 0) is 59.3 Å². The zero-order valence-corrected chi connectivity index (χ0v) is 13.4. The van der Waals surface area contributed by atoms with E-state index in [4.69, 9.17) is 0 Å². The Bertz CT molecular complexity index is 847. The Labute approximate surface area is 133 Å². The number of nitrogens with zero attached hydrogens (tertiary/aromatic N) is 1. The van der Waals surface area contributed by atoms with Gasteiger partial charge in [-0.1, -0.05) is 0 Å². The van der Waals surface area contributed by atoms with Crippen LogP contribution in [-0.2, 0) is 0 Å². The van der Waals surface area contributed by atoms with Crippen molar-refractivity contribution in [3.63, 3.8) is 0 Å². The van der Waals surface area contributed by atoms with Crippen molar-refractivity contribution in [3.05, 3.63) is 57.3 Å². The van der Waals surface area contributed by atoms with Crippen LogP contribution in [0.3, 0.4) is 0 Å². The maximum atomic E-state index is 13.5. The van der Waals surface area contributed by atoms with Crippen molar-refractivity contribution < 1.29 is 9.18 Å². The van der Waals surface area contributed by atoms with E-state index >= 15 is 0 Å². The van der Waals surface area contributed by atoms with Crippen LogP contribution in [0.5, 0.6) is 0 Å². The molecule has 1 aromatic heterocycles. The van der Waals surface area contributed by atoms with Gasteiger partial charge in [0.15, 0.2) is 0 Å². The molecule has 3 rings (SSSR count). The number of amides is 1. The second-order valence-corrected chi connectivity index (χ2v) is 6.59. The van der Waals surface area contributed by atoms with Gasteiger partial charge >= 0.3 is 0 Å². The van der Waals surface area contributed by atoms with Gasteiger partial charge in [-0.3, -0.25) is 4.79 Å². The molecule has 2 aromatic carbocycles. The van der Waals surface area contributed by atoms with E-state index in [1.165, 1.54) is 12.1 Å². The van der Waals surface area contributed by atoms with Gasteiger partial charge in [-0.2, -0.15) is 0 Å². The number of carbonyl (C=O) groups is 1. The molecule has 0 aliphatic carbocycles. The molecule has 0 bridgehead atoms. The maximum Gasteiger partial charge on any atom is 0.255 e. The molecule has 1 heterocycles. The summed E-state index contributed by atoms with van der Waals surface area (Å²) in [6.45, 7) is 1.94. The fourth-order valence-corrected chi connectivity index (χ4v) is 3.07. The predicted molar refractivity (Wildman–Crippen MR) is 86.4 cm³/mol. The van der Waals surface area contributed by atoms with Crippen molar-refractivity contribution >= 4 is 49.1 Å². The number of halogens is 2. The number of aryl methyl sites for hydroxylation is 1. The van der Waals surface area contributed by atoms with Crippen LogP contribution in [0.15, 0.2) is 40.9 Å². The highest BCUT2D eigenvalue weighted by molar-refractivity contribution is 9.10. The summed E-state index contributed by atoms with van der Waals surface area (Å²) in [7, 11) is 0. The lowest BCUT2D eigenvalue weighted by molar-refractivity contribution is 0.102. The highest BCUT2D eigenvalue weighted by atomic mass is 79.9.